The Labute approximate surface area is 792 Å². The first-order valence-corrected chi connectivity index (χ1v) is 46.6. The van der Waals surface area contributed by atoms with Gasteiger partial charge in [-0.15, -0.1) is 25.3 Å². The van der Waals surface area contributed by atoms with E-state index >= 15 is 0 Å². The molecule has 0 atom stereocenters. The number of benzene rings is 1. The number of hydrogen-bond donors (Lipinski definition) is 7. The summed E-state index contributed by atoms with van der Waals surface area (Å²) in [5.74, 6) is 4.73. The summed E-state index contributed by atoms with van der Waals surface area (Å²) in [7, 11) is 0. The molecule has 0 aliphatic rings. The molecule has 36 nitrogen and oxygen atoms in total. The number of carbonyl (C=O) groups excluding carboxylic acids is 5. The lowest BCUT2D eigenvalue weighted by Crippen LogP contribution is -2.38. The Morgan fingerprint density at radius 3 is 0.930 bits per heavy atom. The highest BCUT2D eigenvalue weighted by molar-refractivity contribution is 9.09. The number of terminal acetylenes is 2. The van der Waals surface area contributed by atoms with Crippen LogP contribution in [0.15, 0.2) is 30.3 Å². The summed E-state index contributed by atoms with van der Waals surface area (Å²) >= 11 is 3.25. The maximum absolute atomic E-state index is 12.6. The fourth-order valence-electron chi connectivity index (χ4n) is 9.20. The normalized spacial score (nSPS) is 11.0. The van der Waals surface area contributed by atoms with Crippen LogP contribution in [-0.4, -0.2) is 402 Å². The van der Waals surface area contributed by atoms with Crippen LogP contribution in [0.4, 0.5) is 14.4 Å². The Hall–Kier alpha value is -5.06. The van der Waals surface area contributed by atoms with Gasteiger partial charge in [0.2, 0.25) is 11.8 Å². The maximum Gasteiger partial charge on any atom is 0.407 e. The zero-order valence-electron chi connectivity index (χ0n) is 81.6. The zero-order valence-corrected chi connectivity index (χ0v) is 84.0. The van der Waals surface area contributed by atoms with Gasteiger partial charge in [0, 0.05) is 131 Å². The molecule has 38 heteroatoms. The van der Waals surface area contributed by atoms with Crippen LogP contribution in [0.2, 0.25) is 0 Å². The lowest BCUT2D eigenvalue weighted by Gasteiger charge is -2.23. The van der Waals surface area contributed by atoms with E-state index in [1.807, 2.05) is 61.5 Å². The lowest BCUT2D eigenvalue weighted by molar-refractivity contribution is -0.134. The van der Waals surface area contributed by atoms with E-state index < -0.39 is 35.1 Å². The first kappa shape index (κ1) is 135. The van der Waals surface area contributed by atoms with E-state index in [0.29, 0.717) is 244 Å². The van der Waals surface area contributed by atoms with E-state index in [1.165, 1.54) is 5.56 Å². The molecule has 764 valence electrons. The molecule has 0 aliphatic heterocycles. The molecule has 9 N–H and O–H groups in total. The monoisotopic (exact) mass is 1940 g/mol. The Kier molecular flexibility index (Phi) is 111. The molecular weight excluding hydrogens is 1770 g/mol. The molecule has 1 rings (SSSR count). The van der Waals surface area contributed by atoms with Crippen molar-refractivity contribution in [1.29, 1.82) is 0 Å². The quantitative estimate of drug-likeness (QED) is 0.0139. The number of hydrogen-bond acceptors (Lipinski definition) is 31. The summed E-state index contributed by atoms with van der Waals surface area (Å²) in [4.78, 5) is 65.3. The third-order valence-electron chi connectivity index (χ3n) is 14.9. The topological polar surface area (TPSA) is 409 Å². The fourth-order valence-corrected chi connectivity index (χ4v) is 9.43. The van der Waals surface area contributed by atoms with Gasteiger partial charge < -0.3 is 147 Å². The van der Waals surface area contributed by atoms with E-state index in [4.69, 9.17) is 129 Å². The number of nitrogens with two attached hydrogens (primary N) is 2. The van der Waals surface area contributed by atoms with Gasteiger partial charge in [0.25, 0.3) is 0 Å². The van der Waals surface area contributed by atoms with Crippen LogP contribution in [0.1, 0.15) is 149 Å². The fraction of sp³-hybridized carbons (Fsp3) is 0.835. The second-order valence-electron chi connectivity index (χ2n) is 30.4. The summed E-state index contributed by atoms with van der Waals surface area (Å²) < 4.78 is 112. The largest absolute Gasteiger partial charge is 0.444 e. The minimum absolute atomic E-state index is 0. The molecule has 0 saturated carbocycles. The molecule has 1 aromatic carbocycles. The van der Waals surface area contributed by atoms with Crippen LogP contribution in [0.3, 0.4) is 0 Å². The van der Waals surface area contributed by atoms with Crippen molar-refractivity contribution in [2.24, 2.45) is 11.5 Å². The first-order valence-electron chi connectivity index (χ1n) is 45.5. The summed E-state index contributed by atoms with van der Waals surface area (Å²) in [5.41, 5.74) is 10.6. The van der Waals surface area contributed by atoms with Crippen molar-refractivity contribution < 1.29 is 130 Å². The number of aliphatic hydroxyl groups excluding tert-OH is 1. The van der Waals surface area contributed by atoms with Gasteiger partial charge in [-0.2, -0.15) is 0 Å². The number of alkyl carbamates (subject to hydrolysis) is 3. The van der Waals surface area contributed by atoms with Crippen molar-refractivity contribution in [3.63, 3.8) is 0 Å². The van der Waals surface area contributed by atoms with Gasteiger partial charge in [0.05, 0.1) is 211 Å². The van der Waals surface area contributed by atoms with Crippen LogP contribution < -0.4 is 32.7 Å². The van der Waals surface area contributed by atoms with Crippen molar-refractivity contribution in [3.05, 3.63) is 35.9 Å². The van der Waals surface area contributed by atoms with E-state index in [9.17, 15) is 24.0 Å². The van der Waals surface area contributed by atoms with Gasteiger partial charge in [-0.05, 0) is 100.0 Å². The molecular formula is C91H179BrClN9O27. The second-order valence-corrected chi connectivity index (χ2v) is 31.2. The Bertz CT molecular complexity index is 2590. The van der Waals surface area contributed by atoms with Gasteiger partial charge in [0.15, 0.2) is 0 Å². The maximum atomic E-state index is 12.6. The summed E-state index contributed by atoms with van der Waals surface area (Å²) in [6.45, 7) is 53.6. The van der Waals surface area contributed by atoms with Gasteiger partial charge in [-0.3, -0.25) is 14.5 Å². The average molecular weight is 1950 g/mol. The van der Waals surface area contributed by atoms with Crippen molar-refractivity contribution in [2.45, 2.75) is 165 Å². The number of halogens is 2. The van der Waals surface area contributed by atoms with E-state index in [2.05, 4.69) is 99.0 Å². The van der Waals surface area contributed by atoms with E-state index in [1.54, 1.807) is 30.6 Å². The highest BCUT2D eigenvalue weighted by atomic mass is 79.9. The molecule has 0 saturated heterocycles. The lowest BCUT2D eigenvalue weighted by atomic mass is 10.2. The molecule has 0 heterocycles. The predicted molar refractivity (Wildman–Crippen MR) is 512 cm³/mol. The molecule has 0 aromatic heterocycles. The number of aliphatic hydroxyl groups is 1. The molecule has 0 unspecified atom stereocenters. The Morgan fingerprint density at radius 2 is 0.628 bits per heavy atom. The molecule has 0 bridgehead atoms. The summed E-state index contributed by atoms with van der Waals surface area (Å²) in [6.07, 6.45) is 14.5. The SMILES string of the molecule is C#CCOCCOCCOCCOCCC(=O)N(CCOCCC)CCOCCNC(=O)OC(C)(C)C.C#CCOCCOCCOCCOCCC(=O)N(CCOCCN)CCOCCN.CCCOCCBr.CCCOCCN(CCOCCNC(=O)OC(C)(C)C)Cc1ccccc1.CCCOCCNCCOCCNC(=O)OC(C)(C)C.CCCOCCO.Cl.[HH]. The van der Waals surface area contributed by atoms with Crippen LogP contribution in [0, 0.1) is 24.7 Å². The number of carbonyl (C=O) groups is 5. The van der Waals surface area contributed by atoms with Crippen LogP contribution in [-0.2, 0) is 116 Å². The second kappa shape index (κ2) is 107. The number of nitrogens with one attached hydrogen (secondary N) is 4. The molecule has 0 aliphatic carbocycles. The van der Waals surface area contributed by atoms with Crippen LogP contribution in [0.25, 0.3) is 0 Å². The van der Waals surface area contributed by atoms with Gasteiger partial charge in [0.1, 0.15) is 30.0 Å². The first-order chi connectivity index (χ1) is 61.7. The van der Waals surface area contributed by atoms with Gasteiger partial charge in [-0.25, -0.2) is 14.4 Å². The Balaban J connectivity index is -0.000000298. The minimum atomic E-state index is -0.545. The molecule has 5 amide bonds. The number of nitrogens with zero attached hydrogens (tertiary/aromatic N) is 3. The van der Waals surface area contributed by atoms with Crippen molar-refractivity contribution in [2.75, 3.05) is 335 Å². The molecule has 1 aromatic rings. The Morgan fingerprint density at radius 1 is 0.364 bits per heavy atom. The van der Waals surface area contributed by atoms with Crippen molar-refractivity contribution >= 4 is 58.4 Å². The average Bonchev–Trinajstić information content (AvgIpc) is 0.965. The number of amides is 5. The van der Waals surface area contributed by atoms with E-state index in [-0.39, 0.29) is 51.7 Å². The number of alkyl halides is 1. The summed E-state index contributed by atoms with van der Waals surface area (Å²) in [6, 6.07) is 10.4. The van der Waals surface area contributed by atoms with Crippen molar-refractivity contribution in [1.82, 2.24) is 36.0 Å². The van der Waals surface area contributed by atoms with Gasteiger partial charge >= 0.3 is 18.3 Å². The minimum Gasteiger partial charge on any atom is -0.444 e. The molecule has 0 spiro atoms. The van der Waals surface area contributed by atoms with Crippen LogP contribution >= 0.6 is 28.3 Å². The molecule has 0 fully saturated rings. The molecule has 129 heavy (non-hydrogen) atoms. The smallest absolute Gasteiger partial charge is 0.407 e. The van der Waals surface area contributed by atoms with Crippen LogP contribution in [0.5, 0.6) is 0 Å². The van der Waals surface area contributed by atoms with E-state index in [0.717, 1.165) is 116 Å². The predicted octanol–water partition coefficient (Wildman–Crippen LogP) is 8.61. The third-order valence-corrected chi connectivity index (χ3v) is 15.2. The standard InChI is InChI=1S/C26H48N2O9.C21H36N2O4.C20H39N3O7.C14H30N2O4.C5H11BrO.C5H12O2.ClH.H2/c1-6-12-31-16-10-28(11-17-34-15-9-27-25(30)37-26(3,4)5)24(29)8-14-33-19-21-36-23-22-35-20-18-32-13-7-2;1-5-14-25-16-12-23(18-19-9-7-6-8-10-19)13-17-26-15-11-22-20(24)27-21(2,3)4;1-2-8-25-14-16-29-18-19-30-17-15-26-9-3-20(24)23(6-12-27-10-4-21)7-13-28-11-5-22;1-5-9-18-10-6-15-7-11-19-12-8-16-13(17)20-14(2,3)4;2*1-2-4-7-5-3-6;;/h2H,6,8-23H2,1,3-5H3,(H,27,30);6-10H,5,11-18H2,1-4H3,(H,22,24);1H,3-19,21-22H2;15H,5-12H2,1-4H3,(H,16,17);2-5H2,1H3;6H,2-5H2,1H3;2*1H. The third kappa shape index (κ3) is 119. The highest BCUT2D eigenvalue weighted by Gasteiger charge is 2.20. The zero-order chi connectivity index (χ0) is 96.0. The number of rotatable bonds is 79. The molecule has 0 radical (unpaired) electrons. The van der Waals surface area contributed by atoms with Gasteiger partial charge in [-0.1, -0.05) is 92.7 Å². The highest BCUT2D eigenvalue weighted by Crippen LogP contribution is 2.10. The van der Waals surface area contributed by atoms with Crippen molar-refractivity contribution in [3.8, 4) is 24.7 Å². The summed E-state index contributed by atoms with van der Waals surface area (Å²) in [5, 5.41) is 20.3. The number of ether oxygens (including phenoxy) is 21.